The van der Waals surface area contributed by atoms with E-state index in [1.165, 1.54) is 18.5 Å². The van der Waals surface area contributed by atoms with Gasteiger partial charge in [0, 0.05) is 6.42 Å². The molecule has 3 aromatic rings. The molecule has 90 valence electrons. The summed E-state index contributed by atoms with van der Waals surface area (Å²) in [5, 5.41) is 0. The molecule has 0 aliphatic carbocycles. The maximum atomic E-state index is 13.1. The molecular weight excluding hydrogens is 233 g/mol. The van der Waals surface area contributed by atoms with Crippen LogP contribution < -0.4 is 5.73 Å². The summed E-state index contributed by atoms with van der Waals surface area (Å²) < 4.78 is 13.1. The summed E-state index contributed by atoms with van der Waals surface area (Å²) in [7, 11) is 0. The molecule has 0 radical (unpaired) electrons. The van der Waals surface area contributed by atoms with Crippen molar-refractivity contribution >= 4 is 17.0 Å². The van der Waals surface area contributed by atoms with E-state index < -0.39 is 0 Å². The molecule has 0 unspecified atom stereocenters. The van der Waals surface area contributed by atoms with Crippen molar-refractivity contribution in [3.05, 3.63) is 47.8 Å². The Labute approximate surface area is 102 Å². The Morgan fingerprint density at radius 3 is 3.00 bits per heavy atom. The highest BCUT2D eigenvalue weighted by Gasteiger charge is 2.08. The average Bonchev–Trinajstić information content (AvgIpc) is 2.77. The highest BCUT2D eigenvalue weighted by molar-refractivity contribution is 5.80. The molecule has 5 nitrogen and oxygen atoms in total. The predicted octanol–water partition coefficient (Wildman–Crippen LogP) is 1.66. The van der Waals surface area contributed by atoms with Gasteiger partial charge >= 0.3 is 0 Å². The fourth-order valence-corrected chi connectivity index (χ4v) is 1.81. The number of aromatic amines is 1. The summed E-state index contributed by atoms with van der Waals surface area (Å²) in [5.74, 6) is 0.589. The second kappa shape index (κ2) is 4.06. The summed E-state index contributed by atoms with van der Waals surface area (Å²) in [6.07, 6.45) is 1.94. The van der Waals surface area contributed by atoms with E-state index >= 15 is 0 Å². The number of benzene rings is 1. The Balaban J connectivity index is 1.99. The van der Waals surface area contributed by atoms with Crippen molar-refractivity contribution in [2.24, 2.45) is 0 Å². The van der Waals surface area contributed by atoms with Gasteiger partial charge in [-0.2, -0.15) is 0 Å². The van der Waals surface area contributed by atoms with Crippen molar-refractivity contribution < 1.29 is 4.39 Å². The van der Waals surface area contributed by atoms with E-state index in [9.17, 15) is 4.39 Å². The van der Waals surface area contributed by atoms with Crippen LogP contribution >= 0.6 is 0 Å². The topological polar surface area (TPSA) is 80.5 Å². The molecule has 1 aromatic carbocycles. The number of halogens is 1. The first-order chi connectivity index (χ1) is 8.72. The van der Waals surface area contributed by atoms with Gasteiger partial charge in [0.25, 0.3) is 0 Å². The first-order valence-corrected chi connectivity index (χ1v) is 5.42. The van der Waals surface area contributed by atoms with E-state index in [2.05, 4.69) is 19.9 Å². The number of nitrogens with two attached hydrogens (primary N) is 1. The zero-order valence-electron chi connectivity index (χ0n) is 9.39. The zero-order valence-corrected chi connectivity index (χ0v) is 9.39. The lowest BCUT2D eigenvalue weighted by atomic mass is 10.1. The second-order valence-electron chi connectivity index (χ2n) is 3.93. The molecule has 3 N–H and O–H groups in total. The smallest absolute Gasteiger partial charge is 0.163 e. The van der Waals surface area contributed by atoms with E-state index in [-0.39, 0.29) is 5.82 Å². The van der Waals surface area contributed by atoms with E-state index in [1.54, 1.807) is 6.07 Å². The van der Waals surface area contributed by atoms with Gasteiger partial charge < -0.3 is 10.7 Å². The molecule has 2 aromatic heterocycles. The molecular formula is C12H10FN5. The fraction of sp³-hybridized carbons (Fsp3) is 0.0833. The third kappa shape index (κ3) is 1.88. The number of aromatic nitrogens is 4. The Morgan fingerprint density at radius 2 is 2.17 bits per heavy atom. The van der Waals surface area contributed by atoms with Gasteiger partial charge in [-0.3, -0.25) is 0 Å². The van der Waals surface area contributed by atoms with Crippen LogP contribution in [0.5, 0.6) is 0 Å². The van der Waals surface area contributed by atoms with Gasteiger partial charge in [-0.15, -0.1) is 0 Å². The highest BCUT2D eigenvalue weighted by Crippen LogP contribution is 2.15. The second-order valence-corrected chi connectivity index (χ2v) is 3.93. The lowest BCUT2D eigenvalue weighted by Gasteiger charge is -2.02. The molecule has 18 heavy (non-hydrogen) atoms. The Hall–Kier alpha value is -2.50. The Bertz CT molecular complexity index is 707. The fourth-order valence-electron chi connectivity index (χ4n) is 1.81. The van der Waals surface area contributed by atoms with E-state index in [0.717, 1.165) is 5.56 Å². The number of imidazole rings is 1. The normalized spacial score (nSPS) is 10.9. The molecule has 0 spiro atoms. The third-order valence-corrected chi connectivity index (χ3v) is 2.60. The number of nitrogens with zero attached hydrogens (tertiary/aromatic N) is 3. The number of nitrogens with one attached hydrogen (secondary N) is 1. The number of anilines is 1. The SMILES string of the molecule is Nc1nc(Cc2cccc(F)c2)nc2[nH]cnc12. The third-order valence-electron chi connectivity index (χ3n) is 2.60. The van der Waals surface area contributed by atoms with Crippen LogP contribution in [0.15, 0.2) is 30.6 Å². The van der Waals surface area contributed by atoms with Gasteiger partial charge in [-0.1, -0.05) is 12.1 Å². The molecule has 0 aliphatic rings. The van der Waals surface area contributed by atoms with Crippen LogP contribution in [0.4, 0.5) is 10.2 Å². The highest BCUT2D eigenvalue weighted by atomic mass is 19.1. The molecule has 0 saturated carbocycles. The van der Waals surface area contributed by atoms with Crippen LogP contribution in [-0.4, -0.2) is 19.9 Å². The van der Waals surface area contributed by atoms with Crippen LogP contribution in [0.2, 0.25) is 0 Å². The minimum Gasteiger partial charge on any atom is -0.382 e. The van der Waals surface area contributed by atoms with Crippen LogP contribution in [0.1, 0.15) is 11.4 Å². The minimum absolute atomic E-state index is 0.275. The van der Waals surface area contributed by atoms with Gasteiger partial charge in [-0.05, 0) is 17.7 Å². The summed E-state index contributed by atoms with van der Waals surface area (Å²) in [5.41, 5.74) is 7.72. The standard InChI is InChI=1S/C12H10FN5/c13-8-3-1-2-7(4-8)5-9-17-11(14)10-12(18-9)16-6-15-10/h1-4,6H,5H2,(H3,14,15,16,17,18). The van der Waals surface area contributed by atoms with Crippen molar-refractivity contribution in [3.63, 3.8) is 0 Å². The average molecular weight is 243 g/mol. The van der Waals surface area contributed by atoms with Crippen LogP contribution in [0, 0.1) is 5.82 Å². The maximum absolute atomic E-state index is 13.1. The lowest BCUT2D eigenvalue weighted by molar-refractivity contribution is 0.626. The predicted molar refractivity (Wildman–Crippen MR) is 65.3 cm³/mol. The molecule has 0 aliphatic heterocycles. The Kier molecular flexibility index (Phi) is 2.40. The zero-order chi connectivity index (χ0) is 12.5. The first-order valence-electron chi connectivity index (χ1n) is 5.42. The van der Waals surface area contributed by atoms with E-state index in [1.807, 2.05) is 6.07 Å². The molecule has 0 saturated heterocycles. The summed E-state index contributed by atoms with van der Waals surface area (Å²) in [4.78, 5) is 15.3. The molecule has 2 heterocycles. The number of rotatable bonds is 2. The molecule has 0 bridgehead atoms. The van der Waals surface area contributed by atoms with Crippen molar-refractivity contribution in [2.75, 3.05) is 5.73 Å². The Morgan fingerprint density at radius 1 is 1.28 bits per heavy atom. The molecule has 6 heteroatoms. The number of fused-ring (bicyclic) bond motifs is 1. The monoisotopic (exact) mass is 243 g/mol. The number of hydrogen-bond donors (Lipinski definition) is 2. The van der Waals surface area contributed by atoms with Crippen LogP contribution in [-0.2, 0) is 6.42 Å². The number of hydrogen-bond acceptors (Lipinski definition) is 4. The number of H-pyrrole nitrogens is 1. The summed E-state index contributed by atoms with van der Waals surface area (Å²) in [6, 6.07) is 6.33. The van der Waals surface area contributed by atoms with Gasteiger partial charge in [0.2, 0.25) is 0 Å². The number of nitrogen functional groups attached to an aromatic ring is 1. The van der Waals surface area contributed by atoms with Crippen molar-refractivity contribution in [1.29, 1.82) is 0 Å². The van der Waals surface area contributed by atoms with Crippen molar-refractivity contribution in [3.8, 4) is 0 Å². The quantitative estimate of drug-likeness (QED) is 0.717. The molecule has 0 atom stereocenters. The molecule has 0 amide bonds. The van der Waals surface area contributed by atoms with Crippen LogP contribution in [0.3, 0.4) is 0 Å². The molecule has 0 fully saturated rings. The van der Waals surface area contributed by atoms with Crippen molar-refractivity contribution in [2.45, 2.75) is 6.42 Å². The van der Waals surface area contributed by atoms with Gasteiger partial charge in [0.15, 0.2) is 11.5 Å². The first kappa shape index (κ1) is 10.6. The van der Waals surface area contributed by atoms with Crippen LogP contribution in [0.25, 0.3) is 11.2 Å². The van der Waals surface area contributed by atoms with E-state index in [0.29, 0.717) is 29.2 Å². The van der Waals surface area contributed by atoms with Crippen molar-refractivity contribution in [1.82, 2.24) is 19.9 Å². The van der Waals surface area contributed by atoms with Gasteiger partial charge in [-0.25, -0.2) is 19.3 Å². The van der Waals surface area contributed by atoms with E-state index in [4.69, 9.17) is 5.73 Å². The summed E-state index contributed by atoms with van der Waals surface area (Å²) >= 11 is 0. The van der Waals surface area contributed by atoms with Gasteiger partial charge in [0.1, 0.15) is 17.2 Å². The summed E-state index contributed by atoms with van der Waals surface area (Å²) in [6.45, 7) is 0. The minimum atomic E-state index is -0.275. The largest absolute Gasteiger partial charge is 0.382 e. The lowest BCUT2D eigenvalue weighted by Crippen LogP contribution is -2.02. The molecule has 3 rings (SSSR count). The maximum Gasteiger partial charge on any atom is 0.163 e. The van der Waals surface area contributed by atoms with Gasteiger partial charge in [0.05, 0.1) is 6.33 Å².